The van der Waals surface area contributed by atoms with Crippen LogP contribution < -0.4 is 5.73 Å². The second-order valence-corrected chi connectivity index (χ2v) is 6.54. The van der Waals surface area contributed by atoms with Crippen molar-refractivity contribution in [1.29, 1.82) is 0 Å². The van der Waals surface area contributed by atoms with E-state index in [1.54, 1.807) is 7.11 Å². The summed E-state index contributed by atoms with van der Waals surface area (Å²) in [5.41, 5.74) is 5.88. The molecule has 2 aliphatic rings. The molecule has 5 nitrogen and oxygen atoms in total. The Morgan fingerprint density at radius 3 is 2.55 bits per heavy atom. The largest absolute Gasteiger partial charge is 0.381 e. The molecule has 1 aliphatic heterocycles. The van der Waals surface area contributed by atoms with Gasteiger partial charge in [-0.05, 0) is 25.7 Å². The summed E-state index contributed by atoms with van der Waals surface area (Å²) < 4.78 is 5.44. The highest BCUT2D eigenvalue weighted by Crippen LogP contribution is 2.23. The van der Waals surface area contributed by atoms with Crippen LogP contribution in [0, 0.1) is 0 Å². The van der Waals surface area contributed by atoms with E-state index in [-0.39, 0.29) is 24.4 Å². The van der Waals surface area contributed by atoms with Crippen LogP contribution >= 0.6 is 12.4 Å². The fourth-order valence-electron chi connectivity index (χ4n) is 3.69. The molecule has 0 aromatic carbocycles. The summed E-state index contributed by atoms with van der Waals surface area (Å²) in [4.78, 5) is 16.8. The van der Waals surface area contributed by atoms with Gasteiger partial charge >= 0.3 is 0 Å². The van der Waals surface area contributed by atoms with Crippen LogP contribution in [-0.2, 0) is 9.53 Å². The van der Waals surface area contributed by atoms with E-state index in [9.17, 15) is 4.79 Å². The standard InChI is InChI=1S/C16H31N3O2.ClH/c1-18(13-6-4-3-5-7-13)16(20)12-19-9-8-15(21-2)10-14(19)11-17;/h13-15H,3-12,17H2,1-2H3;1H. The Hall–Kier alpha value is -0.360. The average Bonchev–Trinajstić information content (AvgIpc) is 2.55. The Morgan fingerprint density at radius 1 is 1.27 bits per heavy atom. The maximum absolute atomic E-state index is 12.5. The molecule has 1 heterocycles. The van der Waals surface area contributed by atoms with Gasteiger partial charge in [-0.1, -0.05) is 19.3 Å². The van der Waals surface area contributed by atoms with Gasteiger partial charge < -0.3 is 15.4 Å². The molecule has 0 aromatic heterocycles. The average molecular weight is 334 g/mol. The van der Waals surface area contributed by atoms with Gasteiger partial charge in [-0.2, -0.15) is 0 Å². The molecule has 22 heavy (non-hydrogen) atoms. The highest BCUT2D eigenvalue weighted by atomic mass is 35.5. The van der Waals surface area contributed by atoms with Crippen LogP contribution in [0.4, 0.5) is 0 Å². The Kier molecular flexibility index (Phi) is 8.69. The molecule has 2 N–H and O–H groups in total. The van der Waals surface area contributed by atoms with Gasteiger partial charge in [-0.3, -0.25) is 9.69 Å². The van der Waals surface area contributed by atoms with Crippen LogP contribution in [0.25, 0.3) is 0 Å². The van der Waals surface area contributed by atoms with Gasteiger partial charge in [-0.15, -0.1) is 12.4 Å². The number of ether oxygens (including phenoxy) is 1. The van der Waals surface area contributed by atoms with Crippen LogP contribution in [0.3, 0.4) is 0 Å². The smallest absolute Gasteiger partial charge is 0.236 e. The second kappa shape index (κ2) is 9.71. The third-order valence-corrected chi connectivity index (χ3v) is 5.25. The topological polar surface area (TPSA) is 58.8 Å². The van der Waals surface area contributed by atoms with E-state index >= 15 is 0 Å². The number of likely N-dealkylation sites (N-methyl/N-ethyl adjacent to an activating group) is 1. The van der Waals surface area contributed by atoms with Crippen LogP contribution in [0.2, 0.25) is 0 Å². The molecule has 0 radical (unpaired) electrons. The summed E-state index contributed by atoms with van der Waals surface area (Å²) in [5.74, 6) is 0.246. The Balaban J connectivity index is 0.00000242. The predicted molar refractivity (Wildman–Crippen MR) is 91.3 cm³/mol. The summed E-state index contributed by atoms with van der Waals surface area (Å²) in [6.45, 7) is 2.01. The lowest BCUT2D eigenvalue weighted by Crippen LogP contribution is -2.53. The summed E-state index contributed by atoms with van der Waals surface area (Å²) in [6, 6.07) is 0.714. The number of halogens is 1. The molecule has 0 bridgehead atoms. The SMILES string of the molecule is COC1CCN(CC(=O)N(C)C2CCCCC2)C(CN)C1.Cl. The number of rotatable bonds is 5. The monoisotopic (exact) mass is 333 g/mol. The van der Waals surface area contributed by atoms with Crippen molar-refractivity contribution in [2.75, 3.05) is 33.8 Å². The van der Waals surface area contributed by atoms with Crippen molar-refractivity contribution in [3.05, 3.63) is 0 Å². The highest BCUT2D eigenvalue weighted by Gasteiger charge is 2.30. The minimum atomic E-state index is 0. The number of amides is 1. The number of carbonyl (C=O) groups is 1. The molecule has 0 spiro atoms. The first-order valence-electron chi connectivity index (χ1n) is 8.38. The van der Waals surface area contributed by atoms with Crippen molar-refractivity contribution in [2.45, 2.75) is 63.1 Å². The first kappa shape index (κ1) is 19.7. The normalized spacial score (nSPS) is 27.2. The zero-order valence-corrected chi connectivity index (χ0v) is 14.8. The lowest BCUT2D eigenvalue weighted by Gasteiger charge is -2.39. The van der Waals surface area contributed by atoms with Crippen molar-refractivity contribution in [2.24, 2.45) is 5.73 Å². The quantitative estimate of drug-likeness (QED) is 0.831. The first-order chi connectivity index (χ1) is 10.2. The summed E-state index contributed by atoms with van der Waals surface area (Å²) >= 11 is 0. The maximum Gasteiger partial charge on any atom is 0.236 e. The fraction of sp³-hybridized carbons (Fsp3) is 0.938. The zero-order valence-electron chi connectivity index (χ0n) is 14.0. The Morgan fingerprint density at radius 2 is 1.95 bits per heavy atom. The predicted octanol–water partition coefficient (Wildman–Crippen LogP) is 1.64. The van der Waals surface area contributed by atoms with Crippen LogP contribution in [-0.4, -0.2) is 67.7 Å². The van der Waals surface area contributed by atoms with E-state index < -0.39 is 0 Å². The number of hydrogen-bond acceptors (Lipinski definition) is 4. The Labute approximate surface area is 140 Å². The van der Waals surface area contributed by atoms with Gasteiger partial charge in [0, 0.05) is 39.3 Å². The molecule has 1 saturated heterocycles. The molecule has 1 saturated carbocycles. The molecular weight excluding hydrogens is 302 g/mol. The Bertz CT molecular complexity index is 337. The highest BCUT2D eigenvalue weighted by molar-refractivity contribution is 5.85. The van der Waals surface area contributed by atoms with E-state index in [0.717, 1.165) is 32.2 Å². The number of carbonyl (C=O) groups excluding carboxylic acids is 1. The maximum atomic E-state index is 12.5. The van der Waals surface area contributed by atoms with E-state index in [2.05, 4.69) is 4.90 Å². The van der Waals surface area contributed by atoms with Gasteiger partial charge in [0.05, 0.1) is 12.6 Å². The molecule has 2 unspecified atom stereocenters. The summed E-state index contributed by atoms with van der Waals surface area (Å²) in [6.07, 6.45) is 8.38. The van der Waals surface area contributed by atoms with E-state index in [1.165, 1.54) is 19.3 Å². The number of methoxy groups -OCH3 is 1. The number of piperidine rings is 1. The first-order valence-corrected chi connectivity index (χ1v) is 8.38. The lowest BCUT2D eigenvalue weighted by atomic mass is 9.94. The van der Waals surface area contributed by atoms with E-state index in [0.29, 0.717) is 25.2 Å². The number of nitrogens with two attached hydrogens (primary N) is 1. The van der Waals surface area contributed by atoms with Crippen LogP contribution in [0.5, 0.6) is 0 Å². The van der Waals surface area contributed by atoms with Crippen LogP contribution in [0.1, 0.15) is 44.9 Å². The molecular formula is C16H32ClN3O2. The van der Waals surface area contributed by atoms with Gasteiger partial charge in [-0.25, -0.2) is 0 Å². The van der Waals surface area contributed by atoms with Crippen molar-refractivity contribution >= 4 is 18.3 Å². The van der Waals surface area contributed by atoms with Crippen LogP contribution in [0.15, 0.2) is 0 Å². The van der Waals surface area contributed by atoms with E-state index in [4.69, 9.17) is 10.5 Å². The molecule has 2 rings (SSSR count). The fourth-order valence-corrected chi connectivity index (χ4v) is 3.69. The molecule has 2 fully saturated rings. The molecule has 2 atom stereocenters. The summed E-state index contributed by atoms with van der Waals surface area (Å²) in [5, 5.41) is 0. The van der Waals surface area contributed by atoms with E-state index in [1.807, 2.05) is 11.9 Å². The third kappa shape index (κ3) is 5.08. The summed E-state index contributed by atoms with van der Waals surface area (Å²) in [7, 11) is 3.73. The lowest BCUT2D eigenvalue weighted by molar-refractivity contribution is -0.135. The number of nitrogens with zero attached hydrogens (tertiary/aromatic N) is 2. The third-order valence-electron chi connectivity index (χ3n) is 5.25. The van der Waals surface area contributed by atoms with Gasteiger partial charge in [0.1, 0.15) is 0 Å². The number of hydrogen-bond donors (Lipinski definition) is 1. The van der Waals surface area contributed by atoms with Crippen molar-refractivity contribution < 1.29 is 9.53 Å². The molecule has 6 heteroatoms. The van der Waals surface area contributed by atoms with Crippen molar-refractivity contribution in [3.8, 4) is 0 Å². The number of likely N-dealkylation sites (tertiary alicyclic amines) is 1. The molecule has 1 aliphatic carbocycles. The minimum Gasteiger partial charge on any atom is -0.381 e. The minimum absolute atomic E-state index is 0. The van der Waals surface area contributed by atoms with Gasteiger partial charge in [0.25, 0.3) is 0 Å². The van der Waals surface area contributed by atoms with Crippen molar-refractivity contribution in [3.63, 3.8) is 0 Å². The zero-order chi connectivity index (χ0) is 15.2. The molecule has 130 valence electrons. The van der Waals surface area contributed by atoms with Crippen molar-refractivity contribution in [1.82, 2.24) is 9.80 Å². The molecule has 1 amide bonds. The second-order valence-electron chi connectivity index (χ2n) is 6.54. The molecule has 0 aromatic rings. The van der Waals surface area contributed by atoms with Gasteiger partial charge in [0.2, 0.25) is 5.91 Å². The van der Waals surface area contributed by atoms with Gasteiger partial charge in [0.15, 0.2) is 0 Å².